The first-order valence-corrected chi connectivity index (χ1v) is 4.35. The Bertz CT molecular complexity index is 433. The van der Waals surface area contributed by atoms with Gasteiger partial charge in [0.25, 0.3) is 5.91 Å². The number of carbonyl (C=O) groups is 2. The number of nitrogens with zero attached hydrogens (tertiary/aromatic N) is 1. The van der Waals surface area contributed by atoms with Crippen molar-refractivity contribution in [3.63, 3.8) is 0 Å². The molecule has 88 valence electrons. The molecule has 2 rings (SSSR count). The number of aromatic nitrogens is 1. The smallest absolute Gasteiger partial charge is 0.322 e. The summed E-state index contributed by atoms with van der Waals surface area (Å²) < 4.78 is 4.73. The highest BCUT2D eigenvalue weighted by atomic mass is 35.5. The maximum absolute atomic E-state index is 11.6. The van der Waals surface area contributed by atoms with Crippen LogP contribution in [-0.2, 0) is 10.3 Å². The molecule has 1 aliphatic rings. The summed E-state index contributed by atoms with van der Waals surface area (Å²) in [4.78, 5) is 22.7. The van der Waals surface area contributed by atoms with Crippen LogP contribution in [0, 0.1) is 6.92 Å². The summed E-state index contributed by atoms with van der Waals surface area (Å²) in [5.74, 6) is -0.485. The van der Waals surface area contributed by atoms with Crippen LogP contribution in [0.4, 0.5) is 4.79 Å². The van der Waals surface area contributed by atoms with Crippen molar-refractivity contribution in [2.45, 2.75) is 12.5 Å². The van der Waals surface area contributed by atoms with Gasteiger partial charge in [0.05, 0.1) is 11.3 Å². The van der Waals surface area contributed by atoms with Crippen LogP contribution in [0.5, 0.6) is 0 Å². The molecule has 1 aliphatic heterocycles. The molecule has 1 unspecified atom stereocenters. The van der Waals surface area contributed by atoms with Gasteiger partial charge in [0.15, 0.2) is 5.54 Å². The van der Waals surface area contributed by atoms with Gasteiger partial charge in [-0.3, -0.25) is 10.1 Å². The largest absolute Gasteiger partial charge is 0.364 e. The molecule has 0 spiro atoms. The fourth-order valence-corrected chi connectivity index (χ4v) is 1.64. The molecule has 2 heterocycles. The Balaban J connectivity index is 0.00000128. The molecule has 16 heavy (non-hydrogen) atoms. The second-order valence-corrected chi connectivity index (χ2v) is 3.33. The summed E-state index contributed by atoms with van der Waals surface area (Å²) >= 11 is 0. The van der Waals surface area contributed by atoms with E-state index in [1.807, 2.05) is 0 Å². The minimum Gasteiger partial charge on any atom is -0.364 e. The van der Waals surface area contributed by atoms with Gasteiger partial charge in [-0.2, -0.15) is 0 Å². The van der Waals surface area contributed by atoms with E-state index in [0.717, 1.165) is 0 Å². The number of imide groups is 1. The molecule has 0 bridgehead atoms. The molecule has 0 aliphatic carbocycles. The summed E-state index contributed by atoms with van der Waals surface area (Å²) in [6, 6.07) is -0.564. The van der Waals surface area contributed by atoms with Crippen LogP contribution in [0.2, 0.25) is 0 Å². The third-order valence-corrected chi connectivity index (χ3v) is 2.46. The number of rotatable bonds is 2. The van der Waals surface area contributed by atoms with Crippen molar-refractivity contribution in [2.24, 2.45) is 5.73 Å². The first-order chi connectivity index (χ1) is 7.10. The fraction of sp³-hybridized carbons (Fsp3) is 0.375. The van der Waals surface area contributed by atoms with Gasteiger partial charge >= 0.3 is 6.03 Å². The van der Waals surface area contributed by atoms with Gasteiger partial charge in [0.1, 0.15) is 6.26 Å². The molecule has 0 radical (unpaired) electrons. The van der Waals surface area contributed by atoms with E-state index in [1.165, 1.54) is 6.26 Å². The van der Waals surface area contributed by atoms with Crippen molar-refractivity contribution in [2.75, 3.05) is 6.54 Å². The maximum atomic E-state index is 11.6. The van der Waals surface area contributed by atoms with Crippen molar-refractivity contribution in [3.05, 3.63) is 17.5 Å². The molecule has 1 aromatic rings. The van der Waals surface area contributed by atoms with Gasteiger partial charge in [0, 0.05) is 6.54 Å². The van der Waals surface area contributed by atoms with Crippen LogP contribution in [0.25, 0.3) is 0 Å². The minimum atomic E-state index is -1.25. The van der Waals surface area contributed by atoms with Crippen LogP contribution in [-0.4, -0.2) is 23.6 Å². The minimum absolute atomic E-state index is 0. The molecular formula is C8H11ClN4O3. The zero-order chi connectivity index (χ0) is 11.1. The second-order valence-electron chi connectivity index (χ2n) is 3.33. The van der Waals surface area contributed by atoms with Gasteiger partial charge in [-0.05, 0) is 6.92 Å². The first-order valence-electron chi connectivity index (χ1n) is 4.35. The number of nitrogens with two attached hydrogens (primary N) is 1. The molecule has 3 amide bonds. The third-order valence-electron chi connectivity index (χ3n) is 2.46. The van der Waals surface area contributed by atoms with Crippen LogP contribution in [0.3, 0.4) is 0 Å². The van der Waals surface area contributed by atoms with Gasteiger partial charge < -0.3 is 15.6 Å². The summed E-state index contributed by atoms with van der Waals surface area (Å²) in [5.41, 5.74) is 5.29. The molecule has 1 saturated heterocycles. The normalized spacial score (nSPS) is 23.6. The molecule has 0 saturated carbocycles. The van der Waals surface area contributed by atoms with E-state index < -0.39 is 17.5 Å². The summed E-state index contributed by atoms with van der Waals surface area (Å²) in [7, 11) is 0. The number of urea groups is 1. The van der Waals surface area contributed by atoms with Crippen LogP contribution in [0.15, 0.2) is 10.8 Å². The van der Waals surface area contributed by atoms with E-state index >= 15 is 0 Å². The van der Waals surface area contributed by atoms with E-state index in [4.69, 9.17) is 10.3 Å². The van der Waals surface area contributed by atoms with Crippen molar-refractivity contribution in [3.8, 4) is 0 Å². The fourth-order valence-electron chi connectivity index (χ4n) is 1.64. The molecule has 1 aromatic heterocycles. The Morgan fingerprint density at radius 3 is 2.62 bits per heavy atom. The second kappa shape index (κ2) is 4.11. The van der Waals surface area contributed by atoms with Crippen molar-refractivity contribution in [1.29, 1.82) is 0 Å². The highest BCUT2D eigenvalue weighted by Crippen LogP contribution is 2.25. The monoisotopic (exact) mass is 246 g/mol. The van der Waals surface area contributed by atoms with Crippen molar-refractivity contribution < 1.29 is 14.1 Å². The highest BCUT2D eigenvalue weighted by Gasteiger charge is 2.48. The molecular weight excluding hydrogens is 236 g/mol. The number of aryl methyl sites for hydroxylation is 1. The Morgan fingerprint density at radius 2 is 2.25 bits per heavy atom. The first kappa shape index (κ1) is 12.5. The molecule has 1 atom stereocenters. The zero-order valence-electron chi connectivity index (χ0n) is 8.44. The van der Waals surface area contributed by atoms with Crippen molar-refractivity contribution >= 4 is 24.3 Å². The average Bonchev–Trinajstić information content (AvgIpc) is 2.71. The van der Waals surface area contributed by atoms with Crippen LogP contribution < -0.4 is 16.4 Å². The number of hydrogen-bond donors (Lipinski definition) is 3. The van der Waals surface area contributed by atoms with Gasteiger partial charge in [0.2, 0.25) is 0 Å². The van der Waals surface area contributed by atoms with Gasteiger partial charge in [-0.15, -0.1) is 12.4 Å². The van der Waals surface area contributed by atoms with E-state index in [9.17, 15) is 9.59 Å². The molecule has 7 nitrogen and oxygen atoms in total. The molecule has 1 fully saturated rings. The SMILES string of the molecule is Cc1nocc1C1(CN)NC(=O)NC1=O.Cl. The predicted molar refractivity (Wildman–Crippen MR) is 55.9 cm³/mol. The Hall–Kier alpha value is -1.60. The molecule has 0 aromatic carbocycles. The lowest BCUT2D eigenvalue weighted by Gasteiger charge is -2.22. The topological polar surface area (TPSA) is 110 Å². The highest BCUT2D eigenvalue weighted by molar-refractivity contribution is 6.07. The number of halogens is 1. The molecule has 8 heteroatoms. The standard InChI is InChI=1S/C8H10N4O3.ClH/c1-4-5(2-15-12-4)8(3-9)6(13)10-7(14)11-8;/h2H,3,9H2,1H3,(H2,10,11,13,14);1H. The van der Waals surface area contributed by atoms with Gasteiger partial charge in [-0.25, -0.2) is 4.79 Å². The lowest BCUT2D eigenvalue weighted by atomic mass is 9.91. The number of amides is 3. The summed E-state index contributed by atoms with van der Waals surface area (Å²) in [6.07, 6.45) is 1.31. The average molecular weight is 247 g/mol. The van der Waals surface area contributed by atoms with E-state index in [2.05, 4.69) is 15.8 Å². The summed E-state index contributed by atoms with van der Waals surface area (Å²) in [6.45, 7) is 1.63. The van der Waals surface area contributed by atoms with Crippen LogP contribution in [0.1, 0.15) is 11.3 Å². The Kier molecular flexibility index (Phi) is 3.20. The quantitative estimate of drug-likeness (QED) is 0.604. The van der Waals surface area contributed by atoms with E-state index in [-0.39, 0.29) is 19.0 Å². The van der Waals surface area contributed by atoms with Crippen LogP contribution >= 0.6 is 12.4 Å². The summed E-state index contributed by atoms with van der Waals surface area (Å²) in [5, 5.41) is 8.27. The third kappa shape index (κ3) is 1.54. The van der Waals surface area contributed by atoms with E-state index in [1.54, 1.807) is 6.92 Å². The van der Waals surface area contributed by atoms with Gasteiger partial charge in [-0.1, -0.05) is 5.16 Å². The lowest BCUT2D eigenvalue weighted by Crippen LogP contribution is -2.50. The number of hydrogen-bond acceptors (Lipinski definition) is 5. The van der Waals surface area contributed by atoms with E-state index in [0.29, 0.717) is 11.3 Å². The molecule has 4 N–H and O–H groups in total. The Labute approximate surface area is 97.1 Å². The Morgan fingerprint density at radius 1 is 1.56 bits per heavy atom. The maximum Gasteiger partial charge on any atom is 0.322 e. The predicted octanol–water partition coefficient (Wildman–Crippen LogP) is -0.602. The number of nitrogens with one attached hydrogen (secondary N) is 2. The van der Waals surface area contributed by atoms with Crippen molar-refractivity contribution in [1.82, 2.24) is 15.8 Å². The zero-order valence-corrected chi connectivity index (χ0v) is 9.26. The lowest BCUT2D eigenvalue weighted by molar-refractivity contribution is -0.124. The number of carbonyl (C=O) groups excluding carboxylic acids is 2.